The van der Waals surface area contributed by atoms with E-state index >= 15 is 0 Å². The zero-order valence-corrected chi connectivity index (χ0v) is 17.1. The first-order valence-electron chi connectivity index (χ1n) is 9.98. The van der Waals surface area contributed by atoms with Crippen molar-refractivity contribution in [3.63, 3.8) is 0 Å². The van der Waals surface area contributed by atoms with Gasteiger partial charge in [-0.3, -0.25) is 4.79 Å². The summed E-state index contributed by atoms with van der Waals surface area (Å²) < 4.78 is 16.1. The minimum atomic E-state index is -0.652. The highest BCUT2D eigenvalue weighted by atomic mass is 16.5. The number of benzene rings is 2. The highest BCUT2D eigenvalue weighted by Crippen LogP contribution is 2.38. The Bertz CT molecular complexity index is 1050. The zero-order chi connectivity index (χ0) is 21.1. The topological polar surface area (TPSA) is 92.8 Å². The number of hydrogen-bond donors (Lipinski definition) is 3. The molecule has 7 heteroatoms. The van der Waals surface area contributed by atoms with E-state index in [1.54, 1.807) is 14.2 Å². The Balaban J connectivity index is 1.63. The number of fused-ring (bicyclic) bond motifs is 1. The molecule has 7 nitrogen and oxygen atoms in total. The molecule has 2 atom stereocenters. The number of amides is 1. The molecular formula is C23H26N2O5. The number of nitrogens with one attached hydrogen (secondary N) is 2. The molecule has 1 aromatic heterocycles. The molecule has 1 fully saturated rings. The Morgan fingerprint density at radius 2 is 2.03 bits per heavy atom. The summed E-state index contributed by atoms with van der Waals surface area (Å²) in [4.78, 5) is 16.0. The Morgan fingerprint density at radius 1 is 1.20 bits per heavy atom. The summed E-state index contributed by atoms with van der Waals surface area (Å²) in [6, 6.07) is 13.4. The average Bonchev–Trinajstić information content (AvgIpc) is 3.34. The molecule has 1 aliphatic rings. The van der Waals surface area contributed by atoms with E-state index in [1.807, 2.05) is 42.5 Å². The maximum Gasteiger partial charge on any atom is 0.220 e. The minimum Gasteiger partial charge on any atom is -0.497 e. The second kappa shape index (κ2) is 8.77. The maximum absolute atomic E-state index is 12.5. The molecule has 3 aromatic rings. The number of aliphatic hydroxyl groups excluding tert-OH is 1. The van der Waals surface area contributed by atoms with Crippen molar-refractivity contribution in [3.05, 3.63) is 48.0 Å². The Kier molecular flexibility index (Phi) is 5.92. The summed E-state index contributed by atoms with van der Waals surface area (Å²) in [6.45, 7) is 0.600. The van der Waals surface area contributed by atoms with E-state index in [0.717, 1.165) is 27.7 Å². The number of aromatic nitrogens is 1. The lowest BCUT2D eigenvalue weighted by atomic mass is 10.00. The summed E-state index contributed by atoms with van der Waals surface area (Å²) in [6.07, 6.45) is 0.196. The van der Waals surface area contributed by atoms with E-state index < -0.39 is 6.10 Å². The first kappa shape index (κ1) is 20.3. The number of hydrogen-bond acceptors (Lipinski definition) is 5. The van der Waals surface area contributed by atoms with Gasteiger partial charge in [0.2, 0.25) is 5.91 Å². The SMILES string of the molecule is COc1ccc(-c2[nH]c3ccccc3c2CCC(=O)N[C@@H]2COC[C@@H]2O)c(OC)c1. The van der Waals surface area contributed by atoms with E-state index in [0.29, 0.717) is 30.9 Å². The van der Waals surface area contributed by atoms with Crippen LogP contribution in [0, 0.1) is 0 Å². The van der Waals surface area contributed by atoms with Gasteiger partial charge in [0.05, 0.1) is 45.3 Å². The minimum absolute atomic E-state index is 0.109. The third-order valence-corrected chi connectivity index (χ3v) is 5.49. The van der Waals surface area contributed by atoms with Crippen LogP contribution in [-0.2, 0) is 16.0 Å². The number of aryl methyl sites for hydroxylation is 1. The molecular weight excluding hydrogens is 384 g/mol. The Morgan fingerprint density at radius 3 is 2.77 bits per heavy atom. The van der Waals surface area contributed by atoms with Gasteiger partial charge in [-0.1, -0.05) is 18.2 Å². The molecule has 0 spiro atoms. The quantitative estimate of drug-likeness (QED) is 0.557. The van der Waals surface area contributed by atoms with Gasteiger partial charge >= 0.3 is 0 Å². The lowest BCUT2D eigenvalue weighted by Crippen LogP contribution is -2.42. The lowest BCUT2D eigenvalue weighted by Gasteiger charge is -2.15. The average molecular weight is 410 g/mol. The Hall–Kier alpha value is -3.03. The predicted molar refractivity (Wildman–Crippen MR) is 114 cm³/mol. The van der Waals surface area contributed by atoms with Crippen molar-refractivity contribution >= 4 is 16.8 Å². The largest absolute Gasteiger partial charge is 0.497 e. The number of ether oxygens (including phenoxy) is 3. The molecule has 1 saturated heterocycles. The van der Waals surface area contributed by atoms with Gasteiger partial charge in [0.25, 0.3) is 0 Å². The van der Waals surface area contributed by atoms with E-state index in [4.69, 9.17) is 14.2 Å². The van der Waals surface area contributed by atoms with Crippen molar-refractivity contribution in [1.82, 2.24) is 10.3 Å². The molecule has 0 bridgehead atoms. The van der Waals surface area contributed by atoms with E-state index in [1.165, 1.54) is 0 Å². The highest BCUT2D eigenvalue weighted by molar-refractivity contribution is 5.92. The molecule has 0 saturated carbocycles. The number of para-hydroxylation sites is 1. The molecule has 0 radical (unpaired) electrons. The van der Waals surface area contributed by atoms with E-state index in [-0.39, 0.29) is 18.6 Å². The molecule has 4 rings (SSSR count). The number of H-pyrrole nitrogens is 1. The molecule has 3 N–H and O–H groups in total. The van der Waals surface area contributed by atoms with Crippen LogP contribution < -0.4 is 14.8 Å². The van der Waals surface area contributed by atoms with Crippen molar-refractivity contribution in [2.75, 3.05) is 27.4 Å². The molecule has 1 aliphatic heterocycles. The van der Waals surface area contributed by atoms with Crippen molar-refractivity contribution in [2.45, 2.75) is 25.0 Å². The number of carbonyl (C=O) groups excluding carboxylic acids is 1. The van der Waals surface area contributed by atoms with Gasteiger partial charge in [-0.15, -0.1) is 0 Å². The number of carbonyl (C=O) groups is 1. The van der Waals surface area contributed by atoms with Gasteiger partial charge in [-0.05, 0) is 30.2 Å². The van der Waals surface area contributed by atoms with Gasteiger partial charge in [0.15, 0.2) is 0 Å². The third-order valence-electron chi connectivity index (χ3n) is 5.49. The van der Waals surface area contributed by atoms with Crippen LogP contribution in [0.25, 0.3) is 22.2 Å². The standard InChI is InChI=1S/C23H26N2O5/c1-28-14-7-8-17(21(11-14)29-2)23-16(15-5-3-4-6-18(15)25-23)9-10-22(27)24-19-12-30-13-20(19)26/h3-8,11,19-20,25-26H,9-10,12-13H2,1-2H3,(H,24,27)/t19-,20+/m1/s1. The van der Waals surface area contributed by atoms with E-state index in [9.17, 15) is 9.90 Å². The van der Waals surface area contributed by atoms with Crippen LogP contribution in [0.5, 0.6) is 11.5 Å². The molecule has 2 heterocycles. The summed E-state index contributed by atoms with van der Waals surface area (Å²) in [5.41, 5.74) is 3.88. The third kappa shape index (κ3) is 3.99. The summed E-state index contributed by atoms with van der Waals surface area (Å²) >= 11 is 0. The van der Waals surface area contributed by atoms with Crippen LogP contribution in [0.1, 0.15) is 12.0 Å². The van der Waals surface area contributed by atoms with Gasteiger partial charge in [0.1, 0.15) is 11.5 Å². The molecule has 30 heavy (non-hydrogen) atoms. The lowest BCUT2D eigenvalue weighted by molar-refractivity contribution is -0.122. The smallest absolute Gasteiger partial charge is 0.220 e. The maximum atomic E-state index is 12.5. The van der Waals surface area contributed by atoms with Crippen LogP contribution in [0.2, 0.25) is 0 Å². The van der Waals surface area contributed by atoms with Crippen LogP contribution in [0.3, 0.4) is 0 Å². The molecule has 2 aromatic carbocycles. The molecule has 0 aliphatic carbocycles. The van der Waals surface area contributed by atoms with Crippen molar-refractivity contribution < 1.29 is 24.1 Å². The first-order chi connectivity index (χ1) is 14.6. The second-order valence-corrected chi connectivity index (χ2v) is 7.37. The zero-order valence-electron chi connectivity index (χ0n) is 17.1. The summed E-state index contributed by atoms with van der Waals surface area (Å²) in [7, 11) is 3.25. The fraction of sp³-hybridized carbons (Fsp3) is 0.348. The normalized spacial score (nSPS) is 18.5. The Labute approximate surface area is 175 Å². The van der Waals surface area contributed by atoms with Gasteiger partial charge in [-0.2, -0.15) is 0 Å². The fourth-order valence-corrected chi connectivity index (χ4v) is 3.89. The van der Waals surface area contributed by atoms with E-state index in [2.05, 4.69) is 10.3 Å². The summed E-state index contributed by atoms with van der Waals surface area (Å²) in [5, 5.41) is 13.8. The number of methoxy groups -OCH3 is 2. The van der Waals surface area contributed by atoms with Crippen LogP contribution in [-0.4, -0.2) is 55.6 Å². The number of aliphatic hydroxyl groups is 1. The monoisotopic (exact) mass is 410 g/mol. The first-order valence-corrected chi connectivity index (χ1v) is 9.98. The van der Waals surface area contributed by atoms with Gasteiger partial charge in [0, 0.05) is 29.0 Å². The predicted octanol–water partition coefficient (Wildman–Crippen LogP) is 2.66. The molecule has 1 amide bonds. The second-order valence-electron chi connectivity index (χ2n) is 7.37. The van der Waals surface area contributed by atoms with Crippen LogP contribution >= 0.6 is 0 Å². The highest BCUT2D eigenvalue weighted by Gasteiger charge is 2.27. The van der Waals surface area contributed by atoms with Crippen LogP contribution in [0.15, 0.2) is 42.5 Å². The fourth-order valence-electron chi connectivity index (χ4n) is 3.89. The molecule has 0 unspecified atom stereocenters. The number of aromatic amines is 1. The molecule has 158 valence electrons. The van der Waals surface area contributed by atoms with Crippen molar-refractivity contribution in [2.24, 2.45) is 0 Å². The van der Waals surface area contributed by atoms with Gasteiger partial charge < -0.3 is 29.6 Å². The van der Waals surface area contributed by atoms with Crippen molar-refractivity contribution in [1.29, 1.82) is 0 Å². The van der Waals surface area contributed by atoms with Crippen molar-refractivity contribution in [3.8, 4) is 22.8 Å². The number of rotatable bonds is 7. The van der Waals surface area contributed by atoms with Gasteiger partial charge in [-0.25, -0.2) is 0 Å². The summed E-state index contributed by atoms with van der Waals surface area (Å²) in [5.74, 6) is 1.30. The van der Waals surface area contributed by atoms with Crippen LogP contribution in [0.4, 0.5) is 0 Å².